The molecule has 0 unspecified atom stereocenters. The number of amides is 1. The number of carbonyl (C=O) groups excluding carboxylic acids is 1. The van der Waals surface area contributed by atoms with E-state index in [-0.39, 0.29) is 18.3 Å². The average Bonchev–Trinajstić information content (AvgIpc) is 2.63. The number of hydrogen-bond acceptors (Lipinski definition) is 4. The maximum Gasteiger partial charge on any atom is 0.254 e. The zero-order valence-electron chi connectivity index (χ0n) is 15.3. The Balaban J connectivity index is 0.00000225. The van der Waals surface area contributed by atoms with E-state index in [0.717, 1.165) is 62.1 Å². The SMILES string of the molecule is COc1cc(C(=O)N2CCN(CC3CCNCC3)CC2)ccc1C.Cl. The molecule has 0 spiro atoms. The minimum absolute atomic E-state index is 0. The predicted octanol–water partition coefficient (Wildman–Crippen LogP) is 2.18. The molecule has 6 heteroatoms. The van der Waals surface area contributed by atoms with Crippen LogP contribution in [0.1, 0.15) is 28.8 Å². The lowest BCUT2D eigenvalue weighted by atomic mass is 9.97. The second-order valence-electron chi connectivity index (χ2n) is 6.97. The molecule has 0 radical (unpaired) electrons. The Labute approximate surface area is 157 Å². The second kappa shape index (κ2) is 9.41. The summed E-state index contributed by atoms with van der Waals surface area (Å²) in [7, 11) is 1.65. The molecule has 2 aliphatic heterocycles. The molecule has 0 aliphatic carbocycles. The van der Waals surface area contributed by atoms with Crippen molar-refractivity contribution in [3.05, 3.63) is 29.3 Å². The molecule has 1 aromatic carbocycles. The highest BCUT2D eigenvalue weighted by molar-refractivity contribution is 5.94. The zero-order chi connectivity index (χ0) is 16.9. The molecule has 1 aromatic rings. The van der Waals surface area contributed by atoms with Crippen LogP contribution in [-0.4, -0.2) is 68.6 Å². The molecule has 0 aromatic heterocycles. The largest absolute Gasteiger partial charge is 0.496 e. The first-order chi connectivity index (χ1) is 11.7. The fourth-order valence-electron chi connectivity index (χ4n) is 3.70. The van der Waals surface area contributed by atoms with Gasteiger partial charge < -0.3 is 15.0 Å². The van der Waals surface area contributed by atoms with E-state index in [1.807, 2.05) is 30.0 Å². The summed E-state index contributed by atoms with van der Waals surface area (Å²) in [6, 6.07) is 5.72. The predicted molar refractivity (Wildman–Crippen MR) is 103 cm³/mol. The number of piperidine rings is 1. The van der Waals surface area contributed by atoms with Crippen molar-refractivity contribution in [1.82, 2.24) is 15.1 Å². The summed E-state index contributed by atoms with van der Waals surface area (Å²) in [5.41, 5.74) is 1.78. The smallest absolute Gasteiger partial charge is 0.254 e. The molecule has 3 rings (SSSR count). The van der Waals surface area contributed by atoms with Crippen molar-refractivity contribution in [2.45, 2.75) is 19.8 Å². The summed E-state index contributed by atoms with van der Waals surface area (Å²) < 4.78 is 5.34. The number of methoxy groups -OCH3 is 1. The molecule has 140 valence electrons. The fourth-order valence-corrected chi connectivity index (χ4v) is 3.70. The number of carbonyl (C=O) groups is 1. The maximum atomic E-state index is 12.7. The van der Waals surface area contributed by atoms with Crippen LogP contribution in [0.25, 0.3) is 0 Å². The summed E-state index contributed by atoms with van der Waals surface area (Å²) in [5.74, 6) is 1.72. The van der Waals surface area contributed by atoms with Gasteiger partial charge in [0.05, 0.1) is 7.11 Å². The minimum atomic E-state index is 0. The van der Waals surface area contributed by atoms with Crippen LogP contribution in [0.3, 0.4) is 0 Å². The van der Waals surface area contributed by atoms with Crippen LogP contribution in [0, 0.1) is 12.8 Å². The standard InChI is InChI=1S/C19H29N3O2.ClH/c1-15-3-4-17(13-18(15)24-2)19(23)22-11-9-21(10-12-22)14-16-5-7-20-8-6-16;/h3-4,13,16,20H,5-12,14H2,1-2H3;1H. The van der Waals surface area contributed by atoms with Gasteiger partial charge >= 0.3 is 0 Å². The number of benzene rings is 1. The molecular weight excluding hydrogens is 338 g/mol. The highest BCUT2D eigenvalue weighted by Gasteiger charge is 2.24. The van der Waals surface area contributed by atoms with E-state index in [0.29, 0.717) is 0 Å². The van der Waals surface area contributed by atoms with Crippen molar-refractivity contribution < 1.29 is 9.53 Å². The Bertz CT molecular complexity index is 568. The Morgan fingerprint density at radius 3 is 2.52 bits per heavy atom. The third-order valence-corrected chi connectivity index (χ3v) is 5.29. The van der Waals surface area contributed by atoms with E-state index >= 15 is 0 Å². The van der Waals surface area contributed by atoms with Crippen molar-refractivity contribution >= 4 is 18.3 Å². The Hall–Kier alpha value is -1.30. The van der Waals surface area contributed by atoms with Gasteiger partial charge in [0.1, 0.15) is 5.75 Å². The van der Waals surface area contributed by atoms with Crippen molar-refractivity contribution in [2.24, 2.45) is 5.92 Å². The average molecular weight is 368 g/mol. The molecular formula is C19H30ClN3O2. The van der Waals surface area contributed by atoms with Gasteiger partial charge in [-0.15, -0.1) is 12.4 Å². The lowest BCUT2D eigenvalue weighted by Crippen LogP contribution is -2.50. The van der Waals surface area contributed by atoms with Crippen LogP contribution in [0.5, 0.6) is 5.75 Å². The van der Waals surface area contributed by atoms with Gasteiger partial charge in [0.15, 0.2) is 0 Å². The molecule has 25 heavy (non-hydrogen) atoms. The number of rotatable bonds is 4. The number of nitrogens with one attached hydrogen (secondary N) is 1. The molecule has 0 atom stereocenters. The van der Waals surface area contributed by atoms with Crippen molar-refractivity contribution in [1.29, 1.82) is 0 Å². The van der Waals surface area contributed by atoms with Gasteiger partial charge in [-0.1, -0.05) is 6.07 Å². The first-order valence-corrected chi connectivity index (χ1v) is 9.04. The van der Waals surface area contributed by atoms with E-state index in [1.165, 1.54) is 19.4 Å². The molecule has 0 saturated carbocycles. The van der Waals surface area contributed by atoms with Crippen molar-refractivity contribution in [3.63, 3.8) is 0 Å². The van der Waals surface area contributed by atoms with Crippen molar-refractivity contribution in [3.8, 4) is 5.75 Å². The van der Waals surface area contributed by atoms with Crippen LogP contribution >= 0.6 is 12.4 Å². The zero-order valence-corrected chi connectivity index (χ0v) is 16.1. The third kappa shape index (κ3) is 5.09. The van der Waals surface area contributed by atoms with Crippen LogP contribution in [-0.2, 0) is 0 Å². The first-order valence-electron chi connectivity index (χ1n) is 9.04. The lowest BCUT2D eigenvalue weighted by molar-refractivity contribution is 0.0608. The number of ether oxygens (including phenoxy) is 1. The Morgan fingerprint density at radius 1 is 1.20 bits per heavy atom. The minimum Gasteiger partial charge on any atom is -0.496 e. The molecule has 0 bridgehead atoms. The Morgan fingerprint density at radius 2 is 1.88 bits per heavy atom. The van der Waals surface area contributed by atoms with Gasteiger partial charge in [0, 0.05) is 38.3 Å². The summed E-state index contributed by atoms with van der Waals surface area (Å²) >= 11 is 0. The van der Waals surface area contributed by atoms with Crippen LogP contribution in [0.2, 0.25) is 0 Å². The monoisotopic (exact) mass is 367 g/mol. The number of hydrogen-bond donors (Lipinski definition) is 1. The van der Waals surface area contributed by atoms with Gasteiger partial charge in [-0.2, -0.15) is 0 Å². The number of halogens is 1. The van der Waals surface area contributed by atoms with Gasteiger partial charge in [-0.3, -0.25) is 9.69 Å². The molecule has 2 aliphatic rings. The van der Waals surface area contributed by atoms with E-state index < -0.39 is 0 Å². The van der Waals surface area contributed by atoms with E-state index in [1.54, 1.807) is 7.11 Å². The normalized spacial score (nSPS) is 19.4. The van der Waals surface area contributed by atoms with Crippen LogP contribution in [0.4, 0.5) is 0 Å². The second-order valence-corrected chi connectivity index (χ2v) is 6.97. The van der Waals surface area contributed by atoms with Gasteiger partial charge in [0.2, 0.25) is 0 Å². The lowest BCUT2D eigenvalue weighted by Gasteiger charge is -2.37. The van der Waals surface area contributed by atoms with Gasteiger partial charge in [-0.05, 0) is 56.5 Å². The third-order valence-electron chi connectivity index (χ3n) is 5.29. The summed E-state index contributed by atoms with van der Waals surface area (Å²) in [6.45, 7) is 9.09. The van der Waals surface area contributed by atoms with E-state index in [9.17, 15) is 4.79 Å². The Kier molecular flexibility index (Phi) is 7.54. The molecule has 2 fully saturated rings. The summed E-state index contributed by atoms with van der Waals surface area (Å²) in [5, 5.41) is 3.42. The highest BCUT2D eigenvalue weighted by Crippen LogP contribution is 2.21. The van der Waals surface area contributed by atoms with Crippen molar-refractivity contribution in [2.75, 3.05) is 52.9 Å². The molecule has 5 nitrogen and oxygen atoms in total. The van der Waals surface area contributed by atoms with Gasteiger partial charge in [0.25, 0.3) is 5.91 Å². The number of piperazine rings is 1. The highest BCUT2D eigenvalue weighted by atomic mass is 35.5. The topological polar surface area (TPSA) is 44.8 Å². The van der Waals surface area contributed by atoms with Gasteiger partial charge in [-0.25, -0.2) is 0 Å². The molecule has 2 saturated heterocycles. The van der Waals surface area contributed by atoms with E-state index in [2.05, 4.69) is 10.2 Å². The number of aryl methyl sites for hydroxylation is 1. The van der Waals surface area contributed by atoms with Crippen LogP contribution < -0.4 is 10.1 Å². The summed E-state index contributed by atoms with van der Waals surface area (Å²) in [4.78, 5) is 17.2. The summed E-state index contributed by atoms with van der Waals surface area (Å²) in [6.07, 6.45) is 2.56. The fraction of sp³-hybridized carbons (Fsp3) is 0.632. The number of nitrogens with zero attached hydrogens (tertiary/aromatic N) is 2. The van der Waals surface area contributed by atoms with E-state index in [4.69, 9.17) is 4.74 Å². The molecule has 1 N–H and O–H groups in total. The van der Waals surface area contributed by atoms with Crippen LogP contribution in [0.15, 0.2) is 18.2 Å². The quantitative estimate of drug-likeness (QED) is 0.886. The first kappa shape index (κ1) is 20.0. The molecule has 1 amide bonds. The maximum absolute atomic E-state index is 12.7. The molecule has 2 heterocycles.